The molecule has 0 aliphatic carbocycles. The average Bonchev–Trinajstić information content (AvgIpc) is 3.02. The number of imide groups is 1. The maximum absolute atomic E-state index is 13.0. The Hall–Kier alpha value is -3.81. The van der Waals surface area contributed by atoms with Gasteiger partial charge in [-0.25, -0.2) is 4.39 Å². The molecule has 30 heavy (non-hydrogen) atoms. The average molecular weight is 408 g/mol. The molecule has 1 unspecified atom stereocenters. The van der Waals surface area contributed by atoms with E-state index in [0.717, 1.165) is 4.90 Å². The molecule has 2 amide bonds. The van der Waals surface area contributed by atoms with E-state index < -0.39 is 30.6 Å². The molecule has 1 aliphatic heterocycles. The maximum atomic E-state index is 13.0. The van der Waals surface area contributed by atoms with E-state index in [-0.39, 0.29) is 29.0 Å². The van der Waals surface area contributed by atoms with Crippen molar-refractivity contribution in [3.05, 3.63) is 71.4 Å². The standard InChI is InChI=1S/C22H17FN2O5/c1-29-22(28)16(11-25-20(26)14-6-2-3-7-15(14)21(25)27)18-17(30-12-23)9-8-13-5-4-10-24-19(13)18/h2-10,16H,11-12H2,1H3. The van der Waals surface area contributed by atoms with Crippen LogP contribution in [0.3, 0.4) is 0 Å². The van der Waals surface area contributed by atoms with Crippen LogP contribution < -0.4 is 4.74 Å². The first-order valence-corrected chi connectivity index (χ1v) is 9.16. The van der Waals surface area contributed by atoms with Crippen molar-refractivity contribution in [3.63, 3.8) is 0 Å². The number of benzene rings is 2. The Morgan fingerprint density at radius 1 is 1.07 bits per heavy atom. The zero-order chi connectivity index (χ0) is 21.3. The molecule has 0 bridgehead atoms. The van der Waals surface area contributed by atoms with Gasteiger partial charge in [-0.1, -0.05) is 18.2 Å². The number of carbonyl (C=O) groups is 3. The summed E-state index contributed by atoms with van der Waals surface area (Å²) in [5.41, 5.74) is 1.19. The topological polar surface area (TPSA) is 85.8 Å². The second-order valence-corrected chi connectivity index (χ2v) is 6.65. The molecule has 0 N–H and O–H groups in total. The number of pyridine rings is 1. The lowest BCUT2D eigenvalue weighted by molar-refractivity contribution is -0.142. The van der Waals surface area contributed by atoms with E-state index >= 15 is 0 Å². The van der Waals surface area contributed by atoms with Crippen LogP contribution in [0.2, 0.25) is 0 Å². The minimum absolute atomic E-state index is 0.0932. The van der Waals surface area contributed by atoms with E-state index in [1.165, 1.54) is 19.4 Å². The molecule has 0 saturated carbocycles. The summed E-state index contributed by atoms with van der Waals surface area (Å²) < 4.78 is 23.1. The highest BCUT2D eigenvalue weighted by Gasteiger charge is 2.40. The van der Waals surface area contributed by atoms with Crippen molar-refractivity contribution in [2.75, 3.05) is 20.5 Å². The number of amides is 2. The van der Waals surface area contributed by atoms with E-state index in [0.29, 0.717) is 10.9 Å². The molecule has 1 aliphatic rings. The van der Waals surface area contributed by atoms with Crippen molar-refractivity contribution in [1.82, 2.24) is 9.88 Å². The highest BCUT2D eigenvalue weighted by Crippen LogP contribution is 2.36. The summed E-state index contributed by atoms with van der Waals surface area (Å²) in [6, 6.07) is 13.1. The molecule has 2 aromatic carbocycles. The summed E-state index contributed by atoms with van der Waals surface area (Å²) in [5.74, 6) is -2.74. The largest absolute Gasteiger partial charge is 0.468 e. The molecular weight excluding hydrogens is 391 g/mol. The van der Waals surface area contributed by atoms with Crippen LogP contribution in [0.15, 0.2) is 54.7 Å². The molecule has 1 atom stereocenters. The fourth-order valence-corrected chi connectivity index (χ4v) is 3.68. The number of nitrogens with zero attached hydrogens (tertiary/aromatic N) is 2. The van der Waals surface area contributed by atoms with E-state index in [1.54, 1.807) is 42.5 Å². The molecule has 2 heterocycles. The molecule has 8 heteroatoms. The van der Waals surface area contributed by atoms with Crippen LogP contribution >= 0.6 is 0 Å². The third kappa shape index (κ3) is 3.16. The van der Waals surface area contributed by atoms with Gasteiger partial charge < -0.3 is 9.47 Å². The van der Waals surface area contributed by atoms with Gasteiger partial charge in [-0.3, -0.25) is 24.3 Å². The summed E-state index contributed by atoms with van der Waals surface area (Å²) >= 11 is 0. The number of carbonyl (C=O) groups excluding carboxylic acids is 3. The number of methoxy groups -OCH3 is 1. The SMILES string of the molecule is COC(=O)C(CN1C(=O)c2ccccc2C1=O)c1c(OCF)ccc2cccnc12. The van der Waals surface area contributed by atoms with Gasteiger partial charge >= 0.3 is 5.97 Å². The van der Waals surface area contributed by atoms with Gasteiger partial charge in [-0.2, -0.15) is 0 Å². The first-order chi connectivity index (χ1) is 14.6. The first kappa shape index (κ1) is 19.5. The van der Waals surface area contributed by atoms with Gasteiger partial charge in [0.25, 0.3) is 11.8 Å². The van der Waals surface area contributed by atoms with Crippen LogP contribution in [-0.4, -0.2) is 48.2 Å². The number of esters is 1. The Bertz CT molecular complexity index is 1130. The predicted molar refractivity (Wildman–Crippen MR) is 105 cm³/mol. The van der Waals surface area contributed by atoms with Crippen LogP contribution in [-0.2, 0) is 9.53 Å². The molecule has 4 rings (SSSR count). The summed E-state index contributed by atoms with van der Waals surface area (Å²) in [7, 11) is 1.20. The molecule has 0 radical (unpaired) electrons. The molecule has 0 spiro atoms. The molecule has 7 nitrogen and oxygen atoms in total. The monoisotopic (exact) mass is 408 g/mol. The lowest BCUT2D eigenvalue weighted by Crippen LogP contribution is -2.37. The number of hydrogen-bond acceptors (Lipinski definition) is 6. The highest BCUT2D eigenvalue weighted by atomic mass is 19.1. The van der Waals surface area contributed by atoms with Crippen molar-refractivity contribution < 1.29 is 28.2 Å². The minimum atomic E-state index is -1.12. The molecule has 1 aromatic heterocycles. The third-order valence-corrected chi connectivity index (χ3v) is 5.06. The zero-order valence-electron chi connectivity index (χ0n) is 16.0. The Kier molecular flexibility index (Phi) is 5.14. The van der Waals surface area contributed by atoms with Crippen LogP contribution in [0.4, 0.5) is 4.39 Å². The predicted octanol–water partition coefficient (Wildman–Crippen LogP) is 3.09. The van der Waals surface area contributed by atoms with E-state index in [4.69, 9.17) is 9.47 Å². The van der Waals surface area contributed by atoms with E-state index in [2.05, 4.69) is 4.98 Å². The van der Waals surface area contributed by atoms with Crippen molar-refractivity contribution in [2.24, 2.45) is 0 Å². The highest BCUT2D eigenvalue weighted by molar-refractivity contribution is 6.21. The molecular formula is C22H17FN2O5. The first-order valence-electron chi connectivity index (χ1n) is 9.16. The van der Waals surface area contributed by atoms with Crippen LogP contribution in [0.25, 0.3) is 10.9 Å². The fourth-order valence-electron chi connectivity index (χ4n) is 3.68. The minimum Gasteiger partial charge on any atom is -0.468 e. The van der Waals surface area contributed by atoms with Gasteiger partial charge in [0.1, 0.15) is 11.7 Å². The number of rotatable bonds is 6. The van der Waals surface area contributed by atoms with Crippen molar-refractivity contribution in [2.45, 2.75) is 5.92 Å². The van der Waals surface area contributed by atoms with Gasteiger partial charge in [-0.05, 0) is 30.3 Å². The van der Waals surface area contributed by atoms with Crippen LogP contribution in [0.5, 0.6) is 5.75 Å². The van der Waals surface area contributed by atoms with Gasteiger partial charge in [0.05, 0.1) is 23.8 Å². The van der Waals surface area contributed by atoms with Gasteiger partial charge in [0.2, 0.25) is 6.86 Å². The summed E-state index contributed by atoms with van der Waals surface area (Å²) in [6.07, 6.45) is 1.53. The third-order valence-electron chi connectivity index (χ3n) is 5.06. The van der Waals surface area contributed by atoms with E-state index in [9.17, 15) is 18.8 Å². The number of hydrogen-bond donors (Lipinski definition) is 0. The number of fused-ring (bicyclic) bond motifs is 2. The summed E-state index contributed by atoms with van der Waals surface area (Å²) in [6.45, 7) is -1.41. The lowest BCUT2D eigenvalue weighted by Gasteiger charge is -2.23. The Balaban J connectivity index is 1.82. The van der Waals surface area contributed by atoms with E-state index in [1.807, 2.05) is 0 Å². The molecule has 3 aromatic rings. The molecule has 0 fully saturated rings. The Morgan fingerprint density at radius 3 is 2.40 bits per heavy atom. The normalized spacial score (nSPS) is 14.0. The zero-order valence-corrected chi connectivity index (χ0v) is 16.0. The molecule has 152 valence electrons. The lowest BCUT2D eigenvalue weighted by atomic mass is 9.94. The quantitative estimate of drug-likeness (QED) is 0.460. The number of ether oxygens (including phenoxy) is 2. The number of halogens is 1. The van der Waals surface area contributed by atoms with Crippen molar-refractivity contribution >= 4 is 28.7 Å². The fraction of sp³-hybridized carbons (Fsp3) is 0.182. The van der Waals surface area contributed by atoms with Crippen LogP contribution in [0.1, 0.15) is 32.2 Å². The van der Waals surface area contributed by atoms with Gasteiger partial charge in [0.15, 0.2) is 0 Å². The van der Waals surface area contributed by atoms with Crippen LogP contribution in [0, 0.1) is 0 Å². The van der Waals surface area contributed by atoms with Crippen molar-refractivity contribution in [3.8, 4) is 5.75 Å². The summed E-state index contributed by atoms with van der Waals surface area (Å²) in [5, 5.41) is 0.690. The second kappa shape index (κ2) is 7.90. The number of aromatic nitrogens is 1. The smallest absolute Gasteiger partial charge is 0.315 e. The summed E-state index contributed by atoms with van der Waals surface area (Å²) in [4.78, 5) is 43.7. The molecule has 0 saturated heterocycles. The van der Waals surface area contributed by atoms with Gasteiger partial charge in [-0.15, -0.1) is 0 Å². The Morgan fingerprint density at radius 2 is 1.77 bits per heavy atom. The van der Waals surface area contributed by atoms with Crippen molar-refractivity contribution in [1.29, 1.82) is 0 Å². The number of alkyl halides is 1. The Labute approximate surface area is 171 Å². The maximum Gasteiger partial charge on any atom is 0.315 e. The van der Waals surface area contributed by atoms with Gasteiger partial charge in [0, 0.05) is 23.7 Å². The second-order valence-electron chi connectivity index (χ2n) is 6.65.